The molecule has 0 saturated carbocycles. The van der Waals surface area contributed by atoms with Crippen LogP contribution in [0.2, 0.25) is 0 Å². The maximum atomic E-state index is 9.49. The van der Waals surface area contributed by atoms with E-state index in [1.54, 1.807) is 6.34 Å². The minimum atomic E-state index is 0.0912. The van der Waals surface area contributed by atoms with E-state index in [9.17, 15) is 10.8 Å². The van der Waals surface area contributed by atoms with Gasteiger partial charge in [-0.15, -0.1) is 0 Å². The Morgan fingerprint density at radius 2 is 1.09 bits per heavy atom. The molecule has 0 radical (unpaired) electrons. The van der Waals surface area contributed by atoms with Gasteiger partial charge in [0.1, 0.15) is 6.34 Å². The van der Waals surface area contributed by atoms with Gasteiger partial charge in [-0.05, 0) is 41.0 Å². The number of allylic oxidation sites excluding steroid dienone is 1. The number of benzene rings is 7. The van der Waals surface area contributed by atoms with Crippen LogP contribution in [0.25, 0.3) is 44.8 Å². The Labute approximate surface area is 325 Å². The van der Waals surface area contributed by atoms with Crippen molar-refractivity contribution in [3.63, 3.8) is 0 Å². The molecule has 8 aromatic rings. The van der Waals surface area contributed by atoms with E-state index in [1.807, 2.05) is 127 Å². The highest BCUT2D eigenvalue weighted by Gasteiger charge is 2.24. The number of aliphatic imine (C=N–C) groups is 2. The van der Waals surface area contributed by atoms with Crippen LogP contribution in [0.15, 0.2) is 198 Å². The molecule has 1 aliphatic rings. The van der Waals surface area contributed by atoms with Crippen molar-refractivity contribution in [1.29, 1.82) is 10.8 Å². The number of nitrogens with one attached hydrogen (secondary N) is 3. The molecule has 9 rings (SSSR count). The van der Waals surface area contributed by atoms with Crippen LogP contribution < -0.4 is 5.32 Å². The number of aromatic nitrogens is 1. The predicted molar refractivity (Wildman–Crippen MR) is 234 cm³/mol. The minimum absolute atomic E-state index is 0.0912. The van der Waals surface area contributed by atoms with E-state index in [2.05, 4.69) is 76.6 Å². The minimum Gasteiger partial charge on any atom is -0.354 e. The second-order valence-electron chi connectivity index (χ2n) is 13.5. The van der Waals surface area contributed by atoms with Crippen LogP contribution in [0, 0.1) is 10.8 Å². The number of fused-ring (bicyclic) bond motifs is 4. The van der Waals surface area contributed by atoms with E-state index in [-0.39, 0.29) is 5.84 Å². The molecule has 2 heterocycles. The van der Waals surface area contributed by atoms with Crippen molar-refractivity contribution in [1.82, 2.24) is 9.88 Å². The zero-order valence-corrected chi connectivity index (χ0v) is 30.4. The standard InChI is InChI=1S/C50H36N6/c51-47(35-19-6-2-7-20-35)46(34-17-4-1-5-18-34)48-40-26-11-10-23-37(40)32-43(54-48)38-24-16-25-39(31-38)49(52)55-50(36-21-8-3-9-22-36)53-33-56-44-29-14-12-27-41(44)42-28-13-15-30-45(42)56/h1-33,51-52,54H/b48-46-,51-47?,52-49?,53-33?,55-50?. The van der Waals surface area contributed by atoms with Crippen molar-refractivity contribution in [2.24, 2.45) is 9.98 Å². The SMILES string of the molecule is N=C(N=C(N=Cn1c2ccccc2c2ccccc21)c1ccccc1)c1cccc(C2=Cc3ccccc3/C(=C(/C(=N)c3ccccc3)c3ccccc3)N2)c1. The summed E-state index contributed by atoms with van der Waals surface area (Å²) in [6.45, 7) is 0. The summed E-state index contributed by atoms with van der Waals surface area (Å²) in [7, 11) is 0. The zero-order chi connectivity index (χ0) is 37.8. The lowest BCUT2D eigenvalue weighted by Gasteiger charge is -2.26. The van der Waals surface area contributed by atoms with E-state index in [1.165, 1.54) is 0 Å². The third-order valence-electron chi connectivity index (χ3n) is 10.0. The molecule has 6 heteroatoms. The molecule has 0 atom stereocenters. The van der Waals surface area contributed by atoms with Crippen LogP contribution in [-0.4, -0.2) is 28.3 Å². The average molecular weight is 721 g/mol. The van der Waals surface area contributed by atoms with Gasteiger partial charge in [-0.2, -0.15) is 0 Å². The van der Waals surface area contributed by atoms with Crippen LogP contribution in [0.3, 0.4) is 0 Å². The second-order valence-corrected chi connectivity index (χ2v) is 13.5. The average Bonchev–Trinajstić information content (AvgIpc) is 3.59. The number of rotatable bonds is 7. The van der Waals surface area contributed by atoms with Gasteiger partial charge in [0.15, 0.2) is 11.7 Å². The first kappa shape index (κ1) is 34.1. The van der Waals surface area contributed by atoms with E-state index in [0.29, 0.717) is 17.1 Å². The Kier molecular flexibility index (Phi) is 9.11. The summed E-state index contributed by atoms with van der Waals surface area (Å²) < 4.78 is 2.08. The third kappa shape index (κ3) is 6.57. The van der Waals surface area contributed by atoms with Gasteiger partial charge in [-0.1, -0.05) is 170 Å². The first-order valence-corrected chi connectivity index (χ1v) is 18.5. The lowest BCUT2D eigenvalue weighted by Crippen LogP contribution is -2.20. The van der Waals surface area contributed by atoms with E-state index in [0.717, 1.165) is 72.2 Å². The van der Waals surface area contributed by atoms with E-state index >= 15 is 0 Å². The first-order chi connectivity index (χ1) is 27.6. The Hall–Kier alpha value is -7.70. The summed E-state index contributed by atoms with van der Waals surface area (Å²) in [5.74, 6) is 0.525. The Balaban J connectivity index is 1.11. The van der Waals surface area contributed by atoms with Crippen molar-refractivity contribution in [2.45, 2.75) is 0 Å². The van der Waals surface area contributed by atoms with Gasteiger partial charge in [0.2, 0.25) is 0 Å². The van der Waals surface area contributed by atoms with Gasteiger partial charge in [-0.3, -0.25) is 15.4 Å². The van der Waals surface area contributed by atoms with Gasteiger partial charge in [-0.25, -0.2) is 9.98 Å². The van der Waals surface area contributed by atoms with Gasteiger partial charge < -0.3 is 5.32 Å². The van der Waals surface area contributed by atoms with Crippen LogP contribution >= 0.6 is 0 Å². The first-order valence-electron chi connectivity index (χ1n) is 18.5. The summed E-state index contributed by atoms with van der Waals surface area (Å²) in [5.41, 5.74) is 11.2. The Morgan fingerprint density at radius 1 is 0.536 bits per heavy atom. The molecule has 0 unspecified atom stereocenters. The fourth-order valence-corrected chi connectivity index (χ4v) is 7.31. The third-order valence-corrected chi connectivity index (χ3v) is 10.0. The van der Waals surface area contributed by atoms with Crippen LogP contribution in [-0.2, 0) is 0 Å². The molecule has 0 bridgehead atoms. The van der Waals surface area contributed by atoms with Crippen LogP contribution in [0.4, 0.5) is 0 Å². The Bertz CT molecular complexity index is 2840. The molecule has 0 aliphatic carbocycles. The number of hydrogen-bond acceptors (Lipinski definition) is 3. The van der Waals surface area contributed by atoms with Crippen molar-refractivity contribution >= 4 is 68.6 Å². The lowest BCUT2D eigenvalue weighted by molar-refractivity contribution is 1.22. The largest absolute Gasteiger partial charge is 0.354 e. The number of nitrogens with zero attached hydrogens (tertiary/aromatic N) is 3. The molecule has 0 spiro atoms. The van der Waals surface area contributed by atoms with Gasteiger partial charge in [0.25, 0.3) is 0 Å². The predicted octanol–water partition coefficient (Wildman–Crippen LogP) is 11.2. The van der Waals surface area contributed by atoms with Gasteiger partial charge >= 0.3 is 0 Å². The molecule has 7 aromatic carbocycles. The molecule has 0 fully saturated rings. The quantitative estimate of drug-likeness (QED) is 0.111. The summed E-state index contributed by atoms with van der Waals surface area (Å²) in [5, 5.41) is 24.8. The fraction of sp³-hybridized carbons (Fsp3) is 0. The normalized spacial score (nSPS) is 13.6. The van der Waals surface area contributed by atoms with E-state index in [4.69, 9.17) is 9.98 Å². The number of hydrogen-bond donors (Lipinski definition) is 3. The highest BCUT2D eigenvalue weighted by Crippen LogP contribution is 2.36. The molecule has 1 aliphatic heterocycles. The number of para-hydroxylation sites is 2. The molecule has 56 heavy (non-hydrogen) atoms. The summed E-state index contributed by atoms with van der Waals surface area (Å²) in [6, 6.07) is 62.5. The highest BCUT2D eigenvalue weighted by molar-refractivity contribution is 6.36. The Morgan fingerprint density at radius 3 is 1.77 bits per heavy atom. The molecule has 0 amide bonds. The molecular weight excluding hydrogens is 685 g/mol. The van der Waals surface area contributed by atoms with Crippen molar-refractivity contribution < 1.29 is 0 Å². The topological polar surface area (TPSA) is 89.4 Å². The molecule has 0 saturated heterocycles. The lowest BCUT2D eigenvalue weighted by atomic mass is 9.88. The molecular formula is C50H36N6. The number of amidine groups is 2. The molecule has 266 valence electrons. The second kappa shape index (κ2) is 15.0. The smallest absolute Gasteiger partial charge is 0.163 e. The van der Waals surface area contributed by atoms with Crippen molar-refractivity contribution in [2.75, 3.05) is 0 Å². The van der Waals surface area contributed by atoms with Gasteiger partial charge in [0.05, 0.1) is 22.4 Å². The monoisotopic (exact) mass is 720 g/mol. The molecule has 1 aromatic heterocycles. The highest BCUT2D eigenvalue weighted by atomic mass is 15.1. The van der Waals surface area contributed by atoms with Crippen LogP contribution in [0.1, 0.15) is 38.9 Å². The summed E-state index contributed by atoms with van der Waals surface area (Å²) in [4.78, 5) is 9.79. The molecule has 6 nitrogen and oxygen atoms in total. The van der Waals surface area contributed by atoms with Crippen LogP contribution in [0.5, 0.6) is 0 Å². The molecule has 3 N–H and O–H groups in total. The van der Waals surface area contributed by atoms with Crippen molar-refractivity contribution in [3.8, 4) is 0 Å². The summed E-state index contributed by atoms with van der Waals surface area (Å²) >= 11 is 0. The maximum Gasteiger partial charge on any atom is 0.163 e. The van der Waals surface area contributed by atoms with Gasteiger partial charge in [0, 0.05) is 44.3 Å². The fourth-order valence-electron chi connectivity index (χ4n) is 7.31. The van der Waals surface area contributed by atoms with Crippen molar-refractivity contribution in [3.05, 3.63) is 227 Å². The summed E-state index contributed by atoms with van der Waals surface area (Å²) in [6.07, 6.45) is 3.94. The maximum absolute atomic E-state index is 9.49. The van der Waals surface area contributed by atoms with E-state index < -0.39 is 0 Å². The zero-order valence-electron chi connectivity index (χ0n) is 30.4.